The van der Waals surface area contributed by atoms with E-state index in [2.05, 4.69) is 10.3 Å². The zero-order chi connectivity index (χ0) is 34.0. The third-order valence-corrected chi connectivity index (χ3v) is 9.68. The van der Waals surface area contributed by atoms with Crippen molar-refractivity contribution in [2.45, 2.75) is 21.2 Å². The molecule has 242 valence electrons. The topological polar surface area (TPSA) is 219 Å². The van der Waals surface area contributed by atoms with Crippen LogP contribution in [0.5, 0.6) is 0 Å². The molecule has 49 heavy (non-hydrogen) atoms. The Labute approximate surface area is 328 Å². The molecule has 1 aliphatic rings. The summed E-state index contributed by atoms with van der Waals surface area (Å²) in [6.45, 7) is -0.0871. The first-order chi connectivity index (χ1) is 22.2. The first-order valence-electron chi connectivity index (χ1n) is 13.6. The number of allylic oxidation sites excluding steroid dienone is 5. The molecular weight excluding hydrogens is 713 g/mol. The Hall–Kier alpha value is -2.74. The molecule has 0 unspecified atom stereocenters. The van der Waals surface area contributed by atoms with Gasteiger partial charge in [-0.3, -0.25) is 4.55 Å². The van der Waals surface area contributed by atoms with E-state index in [0.717, 1.165) is 6.07 Å². The van der Waals surface area contributed by atoms with Gasteiger partial charge in [0.15, 0.2) is 0 Å². The van der Waals surface area contributed by atoms with Crippen LogP contribution >= 0.6 is 0 Å². The van der Waals surface area contributed by atoms with E-state index in [1.165, 1.54) is 60.7 Å². The minimum atomic E-state index is -4.80. The number of hydrogen-bond donors (Lipinski definition) is 3. The molecule has 0 atom stereocenters. The van der Waals surface area contributed by atoms with Gasteiger partial charge in [0.1, 0.15) is 25.1 Å². The maximum atomic E-state index is 12.6. The predicted molar refractivity (Wildman–Crippen MR) is 174 cm³/mol. The molecule has 4 N–H and O–H groups in total. The average Bonchev–Trinajstić information content (AvgIpc) is 3.02. The third-order valence-electron chi connectivity index (χ3n) is 7.01. The predicted octanol–water partition coefficient (Wildman–Crippen LogP) is -1.35. The van der Waals surface area contributed by atoms with Crippen molar-refractivity contribution in [1.82, 2.24) is 0 Å². The summed E-state index contributed by atoms with van der Waals surface area (Å²) < 4.78 is 106. The van der Waals surface area contributed by atoms with Crippen molar-refractivity contribution in [1.29, 1.82) is 0 Å². The standard InChI is InChI=1S/C32H27N3O9S3.2Na/c33-20-23-6-5-11-30(47(42,43)44)32(23)31(21-12-16-24(17-13-21)34-26-7-1-3-9-28(26)45(36,37)38)22-14-18-25(19-15-22)35-27-8-2-4-10-29(27)46(39,40)41;;/h1-19,34H,20,33H2,(H,36,37,38)(H,39,40,41)(H,42,43,44);;/q;2*+1/p-2. The number of nitrogens with one attached hydrogen (secondary N) is 1. The molecule has 0 bridgehead atoms. The molecule has 0 aromatic heterocycles. The molecule has 1 aliphatic carbocycles. The summed E-state index contributed by atoms with van der Waals surface area (Å²) in [5.74, 6) is 0. The van der Waals surface area contributed by atoms with Gasteiger partial charge in [0.25, 0.3) is 10.1 Å². The van der Waals surface area contributed by atoms with Crippen LogP contribution in [0.15, 0.2) is 141 Å². The summed E-state index contributed by atoms with van der Waals surface area (Å²) in [5.41, 5.74) is 8.53. The van der Waals surface area contributed by atoms with Gasteiger partial charge in [-0.15, -0.1) is 0 Å². The number of nitrogens with two attached hydrogens (primary N) is 1. The van der Waals surface area contributed by atoms with Crippen LogP contribution in [0.2, 0.25) is 0 Å². The van der Waals surface area contributed by atoms with Crippen LogP contribution in [0.25, 0.3) is 5.57 Å². The third kappa shape index (κ3) is 9.74. The van der Waals surface area contributed by atoms with Crippen LogP contribution in [0.3, 0.4) is 0 Å². The van der Waals surface area contributed by atoms with Crippen LogP contribution in [0.1, 0.15) is 16.7 Å². The van der Waals surface area contributed by atoms with E-state index in [4.69, 9.17) is 5.73 Å². The monoisotopic (exact) mass is 737 g/mol. The Morgan fingerprint density at radius 3 is 1.82 bits per heavy atom. The van der Waals surface area contributed by atoms with Gasteiger partial charge in [0.05, 0.1) is 26.9 Å². The molecule has 0 saturated heterocycles. The van der Waals surface area contributed by atoms with E-state index in [1.54, 1.807) is 48.6 Å². The Kier molecular flexibility index (Phi) is 13.7. The second kappa shape index (κ2) is 16.5. The Bertz CT molecular complexity index is 2320. The number of rotatable bonds is 9. The maximum absolute atomic E-state index is 12.6. The zero-order valence-electron chi connectivity index (χ0n) is 26.1. The van der Waals surface area contributed by atoms with E-state index in [0.29, 0.717) is 28.0 Å². The van der Waals surface area contributed by atoms with Crippen LogP contribution in [0, 0.1) is 0 Å². The average molecular weight is 738 g/mol. The first-order valence-corrected chi connectivity index (χ1v) is 17.9. The molecule has 12 nitrogen and oxygen atoms in total. The zero-order valence-corrected chi connectivity index (χ0v) is 32.6. The molecule has 4 aromatic carbocycles. The van der Waals surface area contributed by atoms with Crippen LogP contribution < -0.4 is 70.2 Å². The smallest absolute Gasteiger partial charge is 0.744 e. The van der Waals surface area contributed by atoms with Crippen LogP contribution in [0.4, 0.5) is 17.1 Å². The van der Waals surface area contributed by atoms with Crippen molar-refractivity contribution < 1.29 is 98.0 Å². The molecule has 0 amide bonds. The summed E-state index contributed by atoms with van der Waals surface area (Å²) >= 11 is 0. The Morgan fingerprint density at radius 1 is 0.694 bits per heavy atom. The maximum Gasteiger partial charge on any atom is 1.00 e. The molecule has 0 saturated carbocycles. The molecule has 4 aromatic rings. The van der Waals surface area contributed by atoms with E-state index in [-0.39, 0.29) is 88.3 Å². The van der Waals surface area contributed by atoms with Crippen molar-refractivity contribution >= 4 is 58.7 Å². The van der Waals surface area contributed by atoms with Gasteiger partial charge in [-0.2, -0.15) is 8.42 Å². The fourth-order valence-electron chi connectivity index (χ4n) is 4.97. The molecule has 5 rings (SSSR count). The summed E-state index contributed by atoms with van der Waals surface area (Å²) in [7, 11) is -14.3. The number of para-hydroxylation sites is 2. The minimum absolute atomic E-state index is 0. The molecule has 0 aliphatic heterocycles. The minimum Gasteiger partial charge on any atom is -0.744 e. The molecule has 0 radical (unpaired) electrons. The van der Waals surface area contributed by atoms with E-state index in [1.807, 2.05) is 0 Å². The largest absolute Gasteiger partial charge is 1.00 e. The van der Waals surface area contributed by atoms with Gasteiger partial charge in [-0.05, 0) is 76.9 Å². The number of aliphatic imine (C=N–C) groups is 1. The van der Waals surface area contributed by atoms with Crippen LogP contribution in [-0.2, 0) is 36.9 Å². The summed E-state index contributed by atoms with van der Waals surface area (Å²) in [4.78, 5) is 2.98. The van der Waals surface area contributed by atoms with E-state index in [9.17, 15) is 38.9 Å². The Morgan fingerprint density at radius 2 is 1.24 bits per heavy atom. The number of hydrogen-bond acceptors (Lipinski definition) is 11. The fourth-order valence-corrected chi connectivity index (χ4v) is 6.96. The second-order valence-corrected chi connectivity index (χ2v) is 14.2. The number of benzene rings is 4. The molecule has 0 fully saturated rings. The fraction of sp³-hybridized carbons (Fsp3) is 0.0312. The normalized spacial score (nSPS) is 12.9. The van der Waals surface area contributed by atoms with Gasteiger partial charge in [0.2, 0.25) is 0 Å². The van der Waals surface area contributed by atoms with Crippen molar-refractivity contribution in [3.8, 4) is 0 Å². The van der Waals surface area contributed by atoms with E-state index >= 15 is 0 Å². The number of anilines is 2. The van der Waals surface area contributed by atoms with Gasteiger partial charge < -0.3 is 20.2 Å². The quantitative estimate of drug-likeness (QED) is 0.135. The van der Waals surface area contributed by atoms with Gasteiger partial charge in [-0.25, -0.2) is 21.8 Å². The molecule has 0 heterocycles. The molecule has 0 spiro atoms. The van der Waals surface area contributed by atoms with Gasteiger partial charge >= 0.3 is 59.1 Å². The summed E-state index contributed by atoms with van der Waals surface area (Å²) in [6.07, 6.45) is 6.28. The van der Waals surface area contributed by atoms with Crippen molar-refractivity contribution in [3.05, 3.63) is 138 Å². The number of nitrogens with zero attached hydrogens (tertiary/aromatic N) is 1. The Balaban J connectivity index is 0.00000325. The van der Waals surface area contributed by atoms with E-state index < -0.39 is 45.0 Å². The molecular formula is C32H25N3Na2O9S3. The van der Waals surface area contributed by atoms with Gasteiger partial charge in [0, 0.05) is 17.8 Å². The van der Waals surface area contributed by atoms with Crippen molar-refractivity contribution in [3.63, 3.8) is 0 Å². The van der Waals surface area contributed by atoms with Crippen molar-refractivity contribution in [2.24, 2.45) is 10.7 Å². The van der Waals surface area contributed by atoms with Gasteiger partial charge in [-0.1, -0.05) is 60.7 Å². The SMILES string of the molecule is NCc1cccc(S(=O)(=O)O)c1C(=C1C=CC(=Nc2ccccc2S(=O)(=O)[O-])C=C1)c1ccc(Nc2ccccc2S(=O)(=O)[O-])cc1.[Na+].[Na+]. The second-order valence-electron chi connectivity index (χ2n) is 10.1. The summed E-state index contributed by atoms with van der Waals surface area (Å²) in [6, 6.07) is 21.8. The first kappa shape index (κ1) is 40.7. The van der Waals surface area contributed by atoms with Crippen LogP contribution in [-0.4, -0.2) is 44.6 Å². The van der Waals surface area contributed by atoms with Crippen molar-refractivity contribution in [2.75, 3.05) is 5.32 Å². The molecule has 17 heteroatoms. The summed E-state index contributed by atoms with van der Waals surface area (Å²) in [5, 5.41) is 2.91.